The van der Waals surface area contributed by atoms with Crippen LogP contribution in [0.1, 0.15) is 12.5 Å². The number of hydrogen-bond acceptors (Lipinski definition) is 8. The highest BCUT2D eigenvalue weighted by atomic mass is 32.2. The summed E-state index contributed by atoms with van der Waals surface area (Å²) in [5.41, 5.74) is 8.00. The Morgan fingerprint density at radius 3 is 2.54 bits per heavy atom. The minimum absolute atomic E-state index is 0.00423. The summed E-state index contributed by atoms with van der Waals surface area (Å²) >= 11 is 4.63. The van der Waals surface area contributed by atoms with Gasteiger partial charge in [0, 0.05) is 12.1 Å². The molecule has 0 aliphatic heterocycles. The van der Waals surface area contributed by atoms with Crippen molar-refractivity contribution in [1.82, 2.24) is 5.43 Å². The maximum Gasteiger partial charge on any atom is 0.339 e. The number of nitrogens with zero attached hydrogens (tertiary/aromatic N) is 2. The van der Waals surface area contributed by atoms with Crippen LogP contribution >= 0.6 is 12.2 Å². The quantitative estimate of drug-likeness (QED) is 0.213. The third kappa shape index (κ3) is 5.62. The number of benzene rings is 2. The van der Waals surface area contributed by atoms with Gasteiger partial charge in [-0.2, -0.15) is 13.5 Å². The first-order valence-electron chi connectivity index (χ1n) is 7.77. The number of thiocarbonyl (C=S) groups is 1. The summed E-state index contributed by atoms with van der Waals surface area (Å²) in [6.45, 7) is 1.99. The molecule has 0 unspecified atom stereocenters. The van der Waals surface area contributed by atoms with E-state index in [1.165, 1.54) is 18.3 Å². The van der Waals surface area contributed by atoms with E-state index >= 15 is 0 Å². The minimum atomic E-state index is -4.22. The van der Waals surface area contributed by atoms with Gasteiger partial charge in [-0.25, -0.2) is 0 Å². The van der Waals surface area contributed by atoms with Gasteiger partial charge in [-0.05, 0) is 55.0 Å². The molecule has 2 aromatic rings. The first kappa shape index (κ1) is 21.1. The van der Waals surface area contributed by atoms with Crippen LogP contribution in [-0.4, -0.2) is 31.3 Å². The molecule has 0 spiro atoms. The minimum Gasteiger partial charge on any atom is -0.490 e. The van der Waals surface area contributed by atoms with Gasteiger partial charge >= 0.3 is 10.1 Å². The van der Waals surface area contributed by atoms with Crippen LogP contribution in [0.25, 0.3) is 0 Å². The standard InChI is InChI=1S/C16H16N4O6S2/c1-2-25-15-9-11(10-18-19-16(17)27)3-8-14(15)26-28(23,24)13-6-4-12(5-7-13)20(21)22/h3-10H,2H2,1H3,(H3,17,19,27)/b18-10-. The van der Waals surface area contributed by atoms with Crippen molar-refractivity contribution in [3.63, 3.8) is 0 Å². The van der Waals surface area contributed by atoms with Gasteiger partial charge in [0.25, 0.3) is 5.69 Å². The maximum atomic E-state index is 12.5. The highest BCUT2D eigenvalue weighted by Crippen LogP contribution is 2.31. The molecular formula is C16H16N4O6S2. The lowest BCUT2D eigenvalue weighted by Crippen LogP contribution is -2.23. The summed E-state index contributed by atoms with van der Waals surface area (Å²) < 4.78 is 35.5. The summed E-state index contributed by atoms with van der Waals surface area (Å²) in [5, 5.41) is 14.5. The van der Waals surface area contributed by atoms with E-state index < -0.39 is 15.0 Å². The van der Waals surface area contributed by atoms with E-state index in [2.05, 4.69) is 22.7 Å². The second kappa shape index (κ2) is 9.10. The number of non-ortho nitro benzene ring substituents is 1. The van der Waals surface area contributed by atoms with Crippen molar-refractivity contribution in [2.75, 3.05) is 6.61 Å². The predicted octanol–water partition coefficient (Wildman–Crippen LogP) is 1.93. The van der Waals surface area contributed by atoms with Gasteiger partial charge in [0.15, 0.2) is 16.6 Å². The van der Waals surface area contributed by atoms with Crippen molar-refractivity contribution in [3.8, 4) is 11.5 Å². The monoisotopic (exact) mass is 424 g/mol. The third-order valence-electron chi connectivity index (χ3n) is 3.19. The average Bonchev–Trinajstić information content (AvgIpc) is 2.63. The zero-order chi connectivity index (χ0) is 20.7. The molecule has 0 amide bonds. The molecule has 0 saturated carbocycles. The van der Waals surface area contributed by atoms with E-state index in [0.29, 0.717) is 5.56 Å². The number of ether oxygens (including phenoxy) is 1. The van der Waals surface area contributed by atoms with Gasteiger partial charge in [0.1, 0.15) is 4.90 Å². The number of hydrogen-bond donors (Lipinski definition) is 2. The molecule has 0 aromatic heterocycles. The number of nitrogens with two attached hydrogens (primary N) is 1. The lowest BCUT2D eigenvalue weighted by atomic mass is 10.2. The fraction of sp³-hybridized carbons (Fsp3) is 0.125. The van der Waals surface area contributed by atoms with Crippen molar-refractivity contribution < 1.29 is 22.3 Å². The number of nitro groups is 1. The summed E-state index contributed by atoms with van der Waals surface area (Å²) in [7, 11) is -4.22. The van der Waals surface area contributed by atoms with Crippen LogP contribution in [0.5, 0.6) is 11.5 Å². The van der Waals surface area contributed by atoms with Crippen LogP contribution in [0.15, 0.2) is 52.5 Å². The zero-order valence-corrected chi connectivity index (χ0v) is 16.2. The van der Waals surface area contributed by atoms with Crippen molar-refractivity contribution in [3.05, 3.63) is 58.1 Å². The van der Waals surface area contributed by atoms with E-state index in [-0.39, 0.29) is 33.8 Å². The Balaban J connectivity index is 2.28. The van der Waals surface area contributed by atoms with Gasteiger partial charge in [-0.15, -0.1) is 0 Å². The lowest BCUT2D eigenvalue weighted by molar-refractivity contribution is -0.384. The van der Waals surface area contributed by atoms with Gasteiger partial charge in [0.05, 0.1) is 17.7 Å². The van der Waals surface area contributed by atoms with Gasteiger partial charge in [0.2, 0.25) is 0 Å². The molecule has 0 fully saturated rings. The molecular weight excluding hydrogens is 408 g/mol. The Morgan fingerprint density at radius 2 is 1.96 bits per heavy atom. The second-order valence-corrected chi connectivity index (χ2v) is 7.15. The number of hydrazone groups is 1. The summed E-state index contributed by atoms with van der Waals surface area (Å²) in [6, 6.07) is 8.81. The Hall–Kier alpha value is -3.25. The fourth-order valence-corrected chi connectivity index (χ4v) is 3.01. The SMILES string of the molecule is CCOc1cc(/C=N\NC(N)=S)ccc1OS(=O)(=O)c1ccc([N+](=O)[O-])cc1. The van der Waals surface area contributed by atoms with Crippen LogP contribution < -0.4 is 20.1 Å². The first-order chi connectivity index (χ1) is 13.2. The maximum absolute atomic E-state index is 12.5. The molecule has 2 aromatic carbocycles. The lowest BCUT2D eigenvalue weighted by Gasteiger charge is -2.12. The van der Waals surface area contributed by atoms with Crippen LogP contribution in [0.2, 0.25) is 0 Å². The Kier molecular flexibility index (Phi) is 6.84. The van der Waals surface area contributed by atoms with Crippen molar-refractivity contribution >= 4 is 39.4 Å². The molecule has 0 aliphatic rings. The Bertz CT molecular complexity index is 1010. The van der Waals surface area contributed by atoms with E-state index in [4.69, 9.17) is 14.7 Å². The van der Waals surface area contributed by atoms with Crippen molar-refractivity contribution in [2.24, 2.45) is 10.8 Å². The molecule has 12 heteroatoms. The molecule has 3 N–H and O–H groups in total. The van der Waals surface area contributed by atoms with E-state index in [9.17, 15) is 18.5 Å². The van der Waals surface area contributed by atoms with E-state index in [0.717, 1.165) is 24.3 Å². The second-order valence-electron chi connectivity index (χ2n) is 5.16. The molecule has 148 valence electrons. The Labute approximate surface area is 166 Å². The molecule has 0 atom stereocenters. The van der Waals surface area contributed by atoms with Gasteiger partial charge in [-0.1, -0.05) is 0 Å². The molecule has 0 saturated heterocycles. The number of rotatable bonds is 8. The Morgan fingerprint density at radius 1 is 1.29 bits per heavy atom. The molecule has 0 heterocycles. The molecule has 2 rings (SSSR count). The average molecular weight is 424 g/mol. The van der Waals surface area contributed by atoms with Crippen molar-refractivity contribution in [2.45, 2.75) is 11.8 Å². The highest BCUT2D eigenvalue weighted by Gasteiger charge is 2.20. The summed E-state index contributed by atoms with van der Waals surface area (Å²) in [6.07, 6.45) is 1.41. The zero-order valence-electron chi connectivity index (χ0n) is 14.6. The van der Waals surface area contributed by atoms with Crippen LogP contribution in [0.4, 0.5) is 5.69 Å². The van der Waals surface area contributed by atoms with E-state index in [1.807, 2.05) is 0 Å². The normalized spacial score (nSPS) is 11.2. The van der Waals surface area contributed by atoms with E-state index in [1.54, 1.807) is 13.0 Å². The first-order valence-corrected chi connectivity index (χ1v) is 9.59. The third-order valence-corrected chi connectivity index (χ3v) is 4.53. The number of nitro benzene ring substituents is 1. The molecule has 0 bridgehead atoms. The van der Waals surface area contributed by atoms with Crippen LogP contribution in [0, 0.1) is 10.1 Å². The van der Waals surface area contributed by atoms with Gasteiger partial charge < -0.3 is 14.7 Å². The topological polar surface area (TPSA) is 146 Å². The smallest absolute Gasteiger partial charge is 0.339 e. The molecule has 0 radical (unpaired) electrons. The van der Waals surface area contributed by atoms with Gasteiger partial charge in [-0.3, -0.25) is 15.5 Å². The molecule has 0 aliphatic carbocycles. The van der Waals surface area contributed by atoms with Crippen LogP contribution in [0.3, 0.4) is 0 Å². The van der Waals surface area contributed by atoms with Crippen molar-refractivity contribution in [1.29, 1.82) is 0 Å². The predicted molar refractivity (Wildman–Crippen MR) is 106 cm³/mol. The van der Waals surface area contributed by atoms with Crippen LogP contribution in [-0.2, 0) is 10.1 Å². The molecule has 28 heavy (non-hydrogen) atoms. The fourth-order valence-electron chi connectivity index (χ4n) is 2.01. The highest BCUT2D eigenvalue weighted by molar-refractivity contribution is 7.87. The summed E-state index contributed by atoms with van der Waals surface area (Å²) in [4.78, 5) is 9.84. The summed E-state index contributed by atoms with van der Waals surface area (Å²) in [5.74, 6) is 0.131. The largest absolute Gasteiger partial charge is 0.490 e. The number of nitrogens with one attached hydrogen (secondary N) is 1. The molecule has 10 nitrogen and oxygen atoms in total.